The molecular weight excluding hydrogens is 625 g/mol. The van der Waals surface area contributed by atoms with E-state index in [0.29, 0.717) is 17.9 Å². The first-order valence-electron chi connectivity index (χ1n) is 14.7. The van der Waals surface area contributed by atoms with Gasteiger partial charge in [-0.15, -0.1) is 11.8 Å². The van der Waals surface area contributed by atoms with Crippen molar-refractivity contribution in [1.82, 2.24) is 20.9 Å². The molecule has 0 fully saturated rings. The number of nitrogens with zero attached hydrogens (tertiary/aromatic N) is 1. The van der Waals surface area contributed by atoms with Gasteiger partial charge in [0.2, 0.25) is 5.91 Å². The van der Waals surface area contributed by atoms with Crippen molar-refractivity contribution in [3.05, 3.63) is 95.5 Å². The predicted octanol–water partition coefficient (Wildman–Crippen LogP) is 4.48. The Hall–Kier alpha value is -4.42. The van der Waals surface area contributed by atoms with Gasteiger partial charge in [0, 0.05) is 24.0 Å². The number of fused-ring (bicyclic) bond motifs is 3. The van der Waals surface area contributed by atoms with Gasteiger partial charge in [0.1, 0.15) is 23.5 Å². The Balaban J connectivity index is 1.70. The van der Waals surface area contributed by atoms with Crippen LogP contribution < -0.4 is 16.0 Å². The third-order valence-electron chi connectivity index (χ3n) is 7.06. The molecule has 0 radical (unpaired) electrons. The van der Waals surface area contributed by atoms with E-state index in [4.69, 9.17) is 4.74 Å². The second kappa shape index (κ2) is 16.8. The van der Waals surface area contributed by atoms with Gasteiger partial charge < -0.3 is 20.7 Å². The van der Waals surface area contributed by atoms with E-state index in [2.05, 4.69) is 20.9 Å². The van der Waals surface area contributed by atoms with Gasteiger partial charge in [0.25, 0.3) is 11.8 Å². The number of hydrogen-bond acceptors (Lipinski definition) is 9. The van der Waals surface area contributed by atoms with Gasteiger partial charge in [-0.1, -0.05) is 66.4 Å². The molecule has 10 nitrogen and oxygen atoms in total. The van der Waals surface area contributed by atoms with Gasteiger partial charge in [-0.05, 0) is 54.1 Å². The van der Waals surface area contributed by atoms with E-state index >= 15 is 0 Å². The quantitative estimate of drug-likeness (QED) is 0.110. The summed E-state index contributed by atoms with van der Waals surface area (Å²) in [7, 11) is 0. The molecule has 0 unspecified atom stereocenters. The number of carbonyl (C=O) groups is 5. The molecule has 2 bridgehead atoms. The van der Waals surface area contributed by atoms with Gasteiger partial charge >= 0.3 is 5.97 Å². The summed E-state index contributed by atoms with van der Waals surface area (Å²) in [6.07, 6.45) is 6.17. The lowest BCUT2D eigenvalue weighted by Gasteiger charge is -2.23. The third-order valence-corrected chi connectivity index (χ3v) is 8.61. The van der Waals surface area contributed by atoms with Gasteiger partial charge in [0.15, 0.2) is 5.12 Å². The van der Waals surface area contributed by atoms with E-state index in [1.54, 1.807) is 31.2 Å². The predicted molar refractivity (Wildman–Crippen MR) is 180 cm³/mol. The second-order valence-electron chi connectivity index (χ2n) is 10.4. The Labute approximate surface area is 276 Å². The molecule has 0 spiro atoms. The van der Waals surface area contributed by atoms with Crippen molar-refractivity contribution >= 4 is 63.1 Å². The summed E-state index contributed by atoms with van der Waals surface area (Å²) in [6, 6.07) is 15.6. The maximum Gasteiger partial charge on any atom is 0.329 e. The number of hydrogen-bond donors (Lipinski definition) is 3. The number of benzene rings is 2. The highest BCUT2D eigenvalue weighted by Gasteiger charge is 2.28. The fourth-order valence-electron chi connectivity index (χ4n) is 4.79. The first-order valence-corrected chi connectivity index (χ1v) is 16.9. The van der Waals surface area contributed by atoms with Crippen LogP contribution in [0.3, 0.4) is 0 Å². The SMILES string of the molecule is C/C=C1\NC(=O)c2cc(SC)cc(n2)CNC(=O)C[C@@H](/C=C/CCSC(C)=O)OC(=O)[C@H](Cc2cccc3ccccc23)NC1=O. The summed E-state index contributed by atoms with van der Waals surface area (Å²) in [5.41, 5.74) is 1.27. The number of pyridine rings is 1. The normalized spacial score (nSPS) is 19.1. The molecule has 240 valence electrons. The van der Waals surface area contributed by atoms with Gasteiger partial charge in [0.05, 0.1) is 18.7 Å². The molecule has 0 saturated heterocycles. The monoisotopic (exact) mass is 660 g/mol. The minimum absolute atomic E-state index is 0.00469. The second-order valence-corrected chi connectivity index (χ2v) is 12.6. The number of cyclic esters (lactones) is 1. The summed E-state index contributed by atoms with van der Waals surface area (Å²) in [4.78, 5) is 70.1. The standard InChI is InChI=1S/C34H36N4O6S2/c1-4-28-32(41)38-30(16-23-12-9-11-22-10-5-6-14-27(22)23)34(43)44-25(13-7-8-15-46-21(2)39)18-31(40)35-20-24-17-26(45-3)19-29(36-24)33(42)37-28/h4-7,9-14,17,19,25,30H,8,15-16,18,20H2,1-3H3,(H,35,40)(H,37,42)(H,38,41)/b13-7+,28-4-/t25-,30+/m1/s1. The summed E-state index contributed by atoms with van der Waals surface area (Å²) in [6.45, 7) is 3.13. The number of esters is 1. The van der Waals surface area contributed by atoms with Crippen LogP contribution in [0.1, 0.15) is 48.4 Å². The van der Waals surface area contributed by atoms with Gasteiger partial charge in [-0.25, -0.2) is 9.78 Å². The van der Waals surface area contributed by atoms with Crippen LogP contribution in [0.2, 0.25) is 0 Å². The number of aromatic nitrogens is 1. The largest absolute Gasteiger partial charge is 0.456 e. The van der Waals surface area contributed by atoms with Gasteiger partial charge in [-0.2, -0.15) is 0 Å². The van der Waals surface area contributed by atoms with Crippen LogP contribution in [0.15, 0.2) is 83.4 Å². The molecule has 0 aliphatic carbocycles. The zero-order valence-electron chi connectivity index (χ0n) is 25.8. The molecule has 1 aliphatic heterocycles. The molecule has 2 atom stereocenters. The first-order chi connectivity index (χ1) is 22.2. The lowest BCUT2D eigenvalue weighted by atomic mass is 9.98. The smallest absolute Gasteiger partial charge is 0.329 e. The molecule has 1 aliphatic rings. The molecule has 3 N–H and O–H groups in total. The van der Waals surface area contributed by atoms with Crippen molar-refractivity contribution in [2.45, 2.75) is 56.7 Å². The van der Waals surface area contributed by atoms with Crippen molar-refractivity contribution in [2.75, 3.05) is 12.0 Å². The molecule has 46 heavy (non-hydrogen) atoms. The summed E-state index contributed by atoms with van der Waals surface area (Å²) >= 11 is 2.58. The molecule has 4 rings (SSSR count). The lowest BCUT2D eigenvalue weighted by molar-refractivity contribution is -0.151. The molecule has 2 heterocycles. The minimum atomic E-state index is -1.16. The number of carbonyl (C=O) groups excluding carboxylic acids is 5. The van der Waals surface area contributed by atoms with E-state index in [0.717, 1.165) is 21.2 Å². The Kier molecular flexibility index (Phi) is 12.6. The van der Waals surface area contributed by atoms with E-state index in [1.165, 1.54) is 36.5 Å². The van der Waals surface area contributed by atoms with Crippen molar-refractivity contribution in [3.8, 4) is 0 Å². The van der Waals surface area contributed by atoms with Crippen LogP contribution in [0, 0.1) is 0 Å². The topological polar surface area (TPSA) is 144 Å². The molecule has 2 aromatic carbocycles. The van der Waals surface area contributed by atoms with E-state index in [-0.39, 0.29) is 35.9 Å². The molecule has 3 amide bonds. The van der Waals surface area contributed by atoms with E-state index in [9.17, 15) is 24.0 Å². The highest BCUT2D eigenvalue weighted by molar-refractivity contribution is 8.13. The zero-order valence-corrected chi connectivity index (χ0v) is 27.5. The zero-order chi connectivity index (χ0) is 33.1. The number of allylic oxidation sites excluding steroid dienone is 2. The lowest BCUT2D eigenvalue weighted by Crippen LogP contribution is -2.47. The number of ether oxygens (including phenoxy) is 1. The van der Waals surface area contributed by atoms with Crippen molar-refractivity contribution in [2.24, 2.45) is 0 Å². The van der Waals surface area contributed by atoms with Gasteiger partial charge in [-0.3, -0.25) is 19.2 Å². The average Bonchev–Trinajstić information content (AvgIpc) is 3.04. The number of thioether (sulfide) groups is 2. The van der Waals surface area contributed by atoms with Crippen LogP contribution in [0.4, 0.5) is 0 Å². The Morgan fingerprint density at radius 2 is 1.85 bits per heavy atom. The van der Waals surface area contributed by atoms with Crippen molar-refractivity contribution in [3.63, 3.8) is 0 Å². The van der Waals surface area contributed by atoms with Crippen LogP contribution in [-0.2, 0) is 36.9 Å². The molecular formula is C34H36N4O6S2. The molecule has 0 saturated carbocycles. The van der Waals surface area contributed by atoms with Crippen molar-refractivity contribution in [1.29, 1.82) is 0 Å². The number of nitrogens with one attached hydrogen (secondary N) is 3. The molecule has 1 aromatic heterocycles. The van der Waals surface area contributed by atoms with Crippen LogP contribution >= 0.6 is 23.5 Å². The average molecular weight is 661 g/mol. The maximum absolute atomic E-state index is 13.8. The number of rotatable bonds is 7. The highest BCUT2D eigenvalue weighted by Crippen LogP contribution is 2.21. The highest BCUT2D eigenvalue weighted by atomic mass is 32.2. The number of amides is 3. The fraction of sp³-hybridized carbons (Fsp3) is 0.294. The van der Waals surface area contributed by atoms with Crippen LogP contribution in [-0.4, -0.2) is 57.9 Å². The summed E-state index contributed by atoms with van der Waals surface area (Å²) in [5, 5.41) is 10.0. The maximum atomic E-state index is 13.8. The van der Waals surface area contributed by atoms with E-state index < -0.39 is 35.8 Å². The van der Waals surface area contributed by atoms with Crippen LogP contribution in [0.25, 0.3) is 10.8 Å². The fourth-order valence-corrected chi connectivity index (χ4v) is 5.82. The molecule has 3 aromatic rings. The Bertz CT molecular complexity index is 1680. The summed E-state index contributed by atoms with van der Waals surface area (Å²) in [5.74, 6) is -1.90. The van der Waals surface area contributed by atoms with Crippen LogP contribution in [0.5, 0.6) is 0 Å². The molecule has 12 heteroatoms. The van der Waals surface area contributed by atoms with Crippen molar-refractivity contribution < 1.29 is 28.7 Å². The Morgan fingerprint density at radius 3 is 2.61 bits per heavy atom. The first kappa shape index (κ1) is 34.5. The van der Waals surface area contributed by atoms with E-state index in [1.807, 2.05) is 48.7 Å². The Morgan fingerprint density at radius 1 is 1.07 bits per heavy atom. The third kappa shape index (κ3) is 9.79. The summed E-state index contributed by atoms with van der Waals surface area (Å²) < 4.78 is 5.86. The minimum Gasteiger partial charge on any atom is -0.456 e.